The summed E-state index contributed by atoms with van der Waals surface area (Å²) in [6.45, 7) is 3.92. The number of likely N-dealkylation sites (tertiary alicyclic amines) is 1. The first-order valence-electron chi connectivity index (χ1n) is 8.93. The lowest BCUT2D eigenvalue weighted by Crippen LogP contribution is -2.38. The van der Waals surface area contributed by atoms with Crippen molar-refractivity contribution in [3.8, 4) is 0 Å². The number of nitrogens with one attached hydrogen (secondary N) is 1. The Kier molecular flexibility index (Phi) is 6.35. The average Bonchev–Trinajstić information content (AvgIpc) is 2.68. The van der Waals surface area contributed by atoms with E-state index in [0.29, 0.717) is 11.5 Å². The van der Waals surface area contributed by atoms with Crippen molar-refractivity contribution in [2.45, 2.75) is 12.8 Å². The van der Waals surface area contributed by atoms with Crippen LogP contribution in [-0.2, 0) is 0 Å². The second-order valence-electron chi connectivity index (χ2n) is 6.51. The molecule has 0 saturated carbocycles. The van der Waals surface area contributed by atoms with Gasteiger partial charge in [-0.3, -0.25) is 14.7 Å². The lowest BCUT2D eigenvalue weighted by molar-refractivity contribution is 0.0937. The van der Waals surface area contributed by atoms with Crippen LogP contribution in [0, 0.1) is 5.92 Å². The molecule has 0 atom stereocenters. The highest BCUT2D eigenvalue weighted by molar-refractivity contribution is 5.93. The second-order valence-corrected chi connectivity index (χ2v) is 6.51. The minimum Gasteiger partial charge on any atom is -0.352 e. The summed E-state index contributed by atoms with van der Waals surface area (Å²) < 4.78 is 0. The number of aromatic nitrogens is 1. The van der Waals surface area contributed by atoms with Gasteiger partial charge < -0.3 is 5.32 Å². The highest BCUT2D eigenvalue weighted by Gasteiger charge is 2.19. The number of piperidine rings is 1. The van der Waals surface area contributed by atoms with Gasteiger partial charge in [-0.2, -0.15) is 0 Å². The second kappa shape index (κ2) is 9.14. The predicted molar refractivity (Wildman–Crippen MR) is 101 cm³/mol. The molecule has 1 fully saturated rings. The molecule has 1 aromatic carbocycles. The fourth-order valence-electron chi connectivity index (χ4n) is 3.11. The molecule has 1 N–H and O–H groups in total. The molecular formula is C21H25N3O. The van der Waals surface area contributed by atoms with Crippen LogP contribution in [0.2, 0.25) is 0 Å². The number of amides is 1. The predicted octanol–water partition coefficient (Wildman–Crippen LogP) is 3.24. The van der Waals surface area contributed by atoms with E-state index in [0.717, 1.165) is 39.0 Å². The summed E-state index contributed by atoms with van der Waals surface area (Å²) in [6.07, 6.45) is 9.97. The van der Waals surface area contributed by atoms with Gasteiger partial charge in [-0.1, -0.05) is 42.5 Å². The van der Waals surface area contributed by atoms with Crippen molar-refractivity contribution in [3.63, 3.8) is 0 Å². The molecule has 130 valence electrons. The first kappa shape index (κ1) is 17.4. The van der Waals surface area contributed by atoms with Gasteiger partial charge in [0.25, 0.3) is 5.91 Å². The Morgan fingerprint density at radius 1 is 1.16 bits per heavy atom. The maximum absolute atomic E-state index is 12.1. The number of nitrogens with zero attached hydrogens (tertiary/aromatic N) is 2. The van der Waals surface area contributed by atoms with E-state index in [1.807, 2.05) is 6.07 Å². The Bertz CT molecular complexity index is 677. The third kappa shape index (κ3) is 5.54. The third-order valence-corrected chi connectivity index (χ3v) is 4.66. The first-order chi connectivity index (χ1) is 12.3. The SMILES string of the molecule is O=C(NCC1CCN(CC=Cc2ccccc2)CC1)c1cccnc1. The number of benzene rings is 1. The molecule has 1 saturated heterocycles. The highest BCUT2D eigenvalue weighted by atomic mass is 16.1. The van der Waals surface area contributed by atoms with Gasteiger partial charge >= 0.3 is 0 Å². The van der Waals surface area contributed by atoms with Crippen LogP contribution >= 0.6 is 0 Å². The summed E-state index contributed by atoms with van der Waals surface area (Å²) in [5, 5.41) is 3.04. The molecular weight excluding hydrogens is 310 g/mol. The zero-order chi connectivity index (χ0) is 17.3. The molecule has 0 spiro atoms. The van der Waals surface area contributed by atoms with E-state index in [1.165, 1.54) is 5.56 Å². The summed E-state index contributed by atoms with van der Waals surface area (Å²) in [4.78, 5) is 18.5. The van der Waals surface area contributed by atoms with Crippen molar-refractivity contribution in [1.82, 2.24) is 15.2 Å². The van der Waals surface area contributed by atoms with E-state index in [1.54, 1.807) is 24.5 Å². The topological polar surface area (TPSA) is 45.2 Å². The highest BCUT2D eigenvalue weighted by Crippen LogP contribution is 2.16. The first-order valence-corrected chi connectivity index (χ1v) is 8.93. The molecule has 3 rings (SSSR count). The molecule has 0 unspecified atom stereocenters. The molecule has 1 amide bonds. The fourth-order valence-corrected chi connectivity index (χ4v) is 3.11. The van der Waals surface area contributed by atoms with Crippen LogP contribution in [0.5, 0.6) is 0 Å². The summed E-state index contributed by atoms with van der Waals surface area (Å²) >= 11 is 0. The number of rotatable bonds is 6. The van der Waals surface area contributed by atoms with Crippen LogP contribution in [0.1, 0.15) is 28.8 Å². The minimum atomic E-state index is -0.0266. The average molecular weight is 335 g/mol. The summed E-state index contributed by atoms with van der Waals surface area (Å²) in [6, 6.07) is 14.0. The van der Waals surface area contributed by atoms with E-state index in [2.05, 4.69) is 51.6 Å². The van der Waals surface area contributed by atoms with Crippen LogP contribution in [0.3, 0.4) is 0 Å². The molecule has 2 aromatic rings. The molecule has 4 nitrogen and oxygen atoms in total. The Morgan fingerprint density at radius 3 is 2.68 bits per heavy atom. The third-order valence-electron chi connectivity index (χ3n) is 4.66. The number of carbonyl (C=O) groups is 1. The van der Waals surface area contributed by atoms with Crippen LogP contribution in [0.4, 0.5) is 0 Å². The van der Waals surface area contributed by atoms with E-state index in [-0.39, 0.29) is 5.91 Å². The molecule has 4 heteroatoms. The number of hydrogen-bond acceptors (Lipinski definition) is 3. The molecule has 0 bridgehead atoms. The summed E-state index contributed by atoms with van der Waals surface area (Å²) in [5.74, 6) is 0.538. The molecule has 2 heterocycles. The fraction of sp³-hybridized carbons (Fsp3) is 0.333. The van der Waals surface area contributed by atoms with Gasteiger partial charge in [0.15, 0.2) is 0 Å². The van der Waals surface area contributed by atoms with E-state index < -0.39 is 0 Å². The molecule has 0 aliphatic carbocycles. The van der Waals surface area contributed by atoms with Crippen molar-refractivity contribution >= 4 is 12.0 Å². The zero-order valence-corrected chi connectivity index (χ0v) is 14.5. The Balaban J connectivity index is 1.36. The minimum absolute atomic E-state index is 0.0266. The summed E-state index contributed by atoms with van der Waals surface area (Å²) in [5.41, 5.74) is 1.88. The van der Waals surface area contributed by atoms with E-state index >= 15 is 0 Å². The van der Waals surface area contributed by atoms with Crippen LogP contribution in [0.15, 0.2) is 60.9 Å². The van der Waals surface area contributed by atoms with Crippen molar-refractivity contribution < 1.29 is 4.79 Å². The molecule has 0 radical (unpaired) electrons. The standard InChI is InChI=1S/C21H25N3O/c25-21(20-9-4-12-22-17-20)23-16-19-10-14-24(15-11-19)13-5-8-18-6-2-1-3-7-18/h1-9,12,17,19H,10-11,13-16H2,(H,23,25). The number of carbonyl (C=O) groups excluding carboxylic acids is 1. The molecule has 25 heavy (non-hydrogen) atoms. The van der Waals surface area contributed by atoms with Crippen LogP contribution < -0.4 is 5.32 Å². The van der Waals surface area contributed by atoms with Gasteiger partial charge in [0.2, 0.25) is 0 Å². The van der Waals surface area contributed by atoms with Crippen LogP contribution in [-0.4, -0.2) is 42.0 Å². The van der Waals surface area contributed by atoms with E-state index in [4.69, 9.17) is 0 Å². The summed E-state index contributed by atoms with van der Waals surface area (Å²) in [7, 11) is 0. The van der Waals surface area contributed by atoms with Gasteiger partial charge in [0.1, 0.15) is 0 Å². The number of hydrogen-bond donors (Lipinski definition) is 1. The van der Waals surface area contributed by atoms with Crippen molar-refractivity contribution in [2.75, 3.05) is 26.2 Å². The maximum atomic E-state index is 12.1. The zero-order valence-electron chi connectivity index (χ0n) is 14.5. The maximum Gasteiger partial charge on any atom is 0.252 e. The van der Waals surface area contributed by atoms with Gasteiger partial charge in [0, 0.05) is 25.5 Å². The monoisotopic (exact) mass is 335 g/mol. The van der Waals surface area contributed by atoms with Gasteiger partial charge in [-0.15, -0.1) is 0 Å². The molecule has 1 aromatic heterocycles. The smallest absolute Gasteiger partial charge is 0.252 e. The quantitative estimate of drug-likeness (QED) is 0.881. The Hall–Kier alpha value is -2.46. The van der Waals surface area contributed by atoms with Crippen LogP contribution in [0.25, 0.3) is 6.08 Å². The van der Waals surface area contributed by atoms with Crippen molar-refractivity contribution in [3.05, 3.63) is 72.1 Å². The van der Waals surface area contributed by atoms with Crippen molar-refractivity contribution in [1.29, 1.82) is 0 Å². The van der Waals surface area contributed by atoms with Gasteiger partial charge in [-0.05, 0) is 49.5 Å². The van der Waals surface area contributed by atoms with Gasteiger partial charge in [-0.25, -0.2) is 0 Å². The lowest BCUT2D eigenvalue weighted by atomic mass is 9.96. The Labute approximate surface area is 149 Å². The van der Waals surface area contributed by atoms with Gasteiger partial charge in [0.05, 0.1) is 5.56 Å². The molecule has 1 aliphatic heterocycles. The van der Waals surface area contributed by atoms with E-state index in [9.17, 15) is 4.79 Å². The lowest BCUT2D eigenvalue weighted by Gasteiger charge is -2.31. The van der Waals surface area contributed by atoms with Crippen molar-refractivity contribution in [2.24, 2.45) is 5.92 Å². The largest absolute Gasteiger partial charge is 0.352 e. The number of pyridine rings is 1. The molecule has 1 aliphatic rings. The Morgan fingerprint density at radius 2 is 1.96 bits per heavy atom. The normalized spacial score (nSPS) is 16.2.